The smallest absolute Gasteiger partial charge is 0.251 e. The van der Waals surface area contributed by atoms with Gasteiger partial charge in [-0.1, -0.05) is 31.2 Å². The molecule has 176 valence electrons. The quantitative estimate of drug-likeness (QED) is 0.244. The first-order chi connectivity index (χ1) is 14.7. The summed E-state index contributed by atoms with van der Waals surface area (Å²) in [7, 11) is -1.47. The van der Waals surface area contributed by atoms with E-state index >= 15 is 0 Å². The first kappa shape index (κ1) is 27.9. The largest absolute Gasteiger partial charge is 0.356 e. The van der Waals surface area contributed by atoms with Crippen molar-refractivity contribution < 1.29 is 13.2 Å². The Morgan fingerprint density at radius 2 is 1.59 bits per heavy atom. The molecule has 2 rings (SSSR count). The summed E-state index contributed by atoms with van der Waals surface area (Å²) in [5, 5.41) is 9.46. The lowest BCUT2D eigenvalue weighted by Gasteiger charge is -2.13. The van der Waals surface area contributed by atoms with Gasteiger partial charge in [0.25, 0.3) is 5.91 Å². The van der Waals surface area contributed by atoms with E-state index < -0.39 is 9.84 Å². The van der Waals surface area contributed by atoms with Crippen molar-refractivity contribution in [3.05, 3.63) is 65.2 Å². The number of carbonyl (C=O) groups excluding carboxylic acids is 1. The molecule has 1 unspecified atom stereocenters. The van der Waals surface area contributed by atoms with Gasteiger partial charge in [0.05, 0.1) is 4.90 Å². The fraction of sp³-hybridized carbons (Fsp3) is 0.391. The highest BCUT2D eigenvalue weighted by Gasteiger charge is 2.09. The Balaban J connectivity index is 0.00000512. The number of halogens is 1. The summed E-state index contributed by atoms with van der Waals surface area (Å²) in [6.07, 6.45) is 2.84. The molecular formula is C23H33IN4O3S. The van der Waals surface area contributed by atoms with Crippen LogP contribution in [0.1, 0.15) is 41.8 Å². The minimum Gasteiger partial charge on any atom is -0.356 e. The number of rotatable bonds is 9. The van der Waals surface area contributed by atoms with Gasteiger partial charge in [0.1, 0.15) is 0 Å². The van der Waals surface area contributed by atoms with Gasteiger partial charge in [-0.2, -0.15) is 0 Å². The van der Waals surface area contributed by atoms with E-state index in [4.69, 9.17) is 0 Å². The molecule has 2 aromatic carbocycles. The number of sulfone groups is 1. The summed E-state index contributed by atoms with van der Waals surface area (Å²) >= 11 is 0. The van der Waals surface area contributed by atoms with E-state index in [1.807, 2.05) is 50.2 Å². The highest BCUT2D eigenvalue weighted by atomic mass is 127. The summed E-state index contributed by atoms with van der Waals surface area (Å²) in [4.78, 5) is 16.7. The van der Waals surface area contributed by atoms with E-state index in [1.54, 1.807) is 19.2 Å². The monoisotopic (exact) mass is 572 g/mol. The van der Waals surface area contributed by atoms with Crippen LogP contribution in [0.5, 0.6) is 0 Å². The zero-order valence-electron chi connectivity index (χ0n) is 19.0. The Hall–Kier alpha value is -2.14. The average molecular weight is 573 g/mol. The number of nitrogens with zero attached hydrogens (tertiary/aromatic N) is 1. The molecule has 0 heterocycles. The summed E-state index contributed by atoms with van der Waals surface area (Å²) in [6, 6.07) is 14.6. The van der Waals surface area contributed by atoms with Gasteiger partial charge in [-0.15, -0.1) is 24.0 Å². The van der Waals surface area contributed by atoms with E-state index in [0.717, 1.165) is 24.0 Å². The Morgan fingerprint density at radius 3 is 2.12 bits per heavy atom. The minimum atomic E-state index is -3.17. The normalized spacial score (nSPS) is 12.4. The SMILES string of the molecule is CCC(C)NC(=O)c1ccc(CNC(=NC)NCCc2ccc(S(C)(=O)=O)cc2)cc1.I. The van der Waals surface area contributed by atoms with Gasteiger partial charge in [-0.05, 0) is 55.2 Å². The maximum absolute atomic E-state index is 12.2. The molecule has 3 N–H and O–H groups in total. The average Bonchev–Trinajstić information content (AvgIpc) is 2.76. The Kier molecular flexibility index (Phi) is 11.7. The molecular weight excluding hydrogens is 539 g/mol. The van der Waals surface area contributed by atoms with E-state index in [2.05, 4.69) is 20.9 Å². The Bertz CT molecular complexity index is 991. The fourth-order valence-electron chi connectivity index (χ4n) is 2.82. The van der Waals surface area contributed by atoms with E-state index in [9.17, 15) is 13.2 Å². The van der Waals surface area contributed by atoms with Crippen LogP contribution in [0.2, 0.25) is 0 Å². The highest BCUT2D eigenvalue weighted by Crippen LogP contribution is 2.10. The predicted molar refractivity (Wildman–Crippen MR) is 141 cm³/mol. The maximum atomic E-state index is 12.2. The van der Waals surface area contributed by atoms with Gasteiger partial charge in [0.2, 0.25) is 0 Å². The lowest BCUT2D eigenvalue weighted by molar-refractivity contribution is 0.0939. The summed E-state index contributed by atoms with van der Waals surface area (Å²) in [5.74, 6) is 0.613. The van der Waals surface area contributed by atoms with Crippen molar-refractivity contribution in [2.75, 3.05) is 19.8 Å². The first-order valence-electron chi connectivity index (χ1n) is 10.4. The molecule has 1 atom stereocenters. The molecule has 2 aromatic rings. The fourth-order valence-corrected chi connectivity index (χ4v) is 3.45. The van der Waals surface area contributed by atoms with Gasteiger partial charge in [-0.3, -0.25) is 9.79 Å². The number of hydrogen-bond acceptors (Lipinski definition) is 4. The number of amides is 1. The molecule has 0 spiro atoms. The lowest BCUT2D eigenvalue weighted by atomic mass is 10.1. The second-order valence-corrected chi connectivity index (χ2v) is 9.51. The summed E-state index contributed by atoms with van der Waals surface area (Å²) in [5.41, 5.74) is 2.73. The third kappa shape index (κ3) is 9.15. The zero-order valence-corrected chi connectivity index (χ0v) is 22.2. The molecule has 7 nitrogen and oxygen atoms in total. The highest BCUT2D eigenvalue weighted by molar-refractivity contribution is 14.0. The van der Waals surface area contributed by atoms with Gasteiger partial charge in [-0.25, -0.2) is 8.42 Å². The van der Waals surface area contributed by atoms with Crippen molar-refractivity contribution in [2.45, 2.75) is 44.2 Å². The van der Waals surface area contributed by atoms with Crippen molar-refractivity contribution in [3.8, 4) is 0 Å². The Labute approximate surface area is 208 Å². The van der Waals surface area contributed by atoms with Crippen LogP contribution >= 0.6 is 24.0 Å². The van der Waals surface area contributed by atoms with Crippen LogP contribution in [0.15, 0.2) is 58.4 Å². The molecule has 0 fully saturated rings. The van der Waals surface area contributed by atoms with Crippen molar-refractivity contribution in [1.29, 1.82) is 0 Å². The van der Waals surface area contributed by atoms with Gasteiger partial charge >= 0.3 is 0 Å². The molecule has 0 radical (unpaired) electrons. The standard InChI is InChI=1S/C23H32N4O3S.HI/c1-5-17(2)27-22(28)20-10-6-19(7-11-20)16-26-23(24-3)25-15-14-18-8-12-21(13-9-18)31(4,29)30;/h6-13,17H,5,14-16H2,1-4H3,(H,27,28)(H2,24,25,26);1H. The van der Waals surface area contributed by atoms with Crippen LogP contribution in [0, 0.1) is 0 Å². The van der Waals surface area contributed by atoms with Gasteiger partial charge in [0.15, 0.2) is 15.8 Å². The van der Waals surface area contributed by atoms with Crippen molar-refractivity contribution in [1.82, 2.24) is 16.0 Å². The number of carbonyl (C=O) groups is 1. The minimum absolute atomic E-state index is 0. The van der Waals surface area contributed by atoms with Crippen LogP contribution in [-0.4, -0.2) is 46.2 Å². The van der Waals surface area contributed by atoms with E-state index in [1.165, 1.54) is 6.26 Å². The maximum Gasteiger partial charge on any atom is 0.251 e. The molecule has 32 heavy (non-hydrogen) atoms. The number of nitrogens with one attached hydrogen (secondary N) is 3. The van der Waals surface area contributed by atoms with E-state index in [-0.39, 0.29) is 35.9 Å². The molecule has 9 heteroatoms. The molecule has 0 aliphatic rings. The Morgan fingerprint density at radius 1 is 1.00 bits per heavy atom. The van der Waals surface area contributed by atoms with Crippen LogP contribution in [0.25, 0.3) is 0 Å². The number of hydrogen-bond donors (Lipinski definition) is 3. The number of benzene rings is 2. The lowest BCUT2D eigenvalue weighted by Crippen LogP contribution is -2.37. The summed E-state index contributed by atoms with van der Waals surface area (Å²) in [6.45, 7) is 5.26. The van der Waals surface area contributed by atoms with Crippen molar-refractivity contribution in [2.24, 2.45) is 4.99 Å². The second kappa shape index (κ2) is 13.4. The topological polar surface area (TPSA) is 99.7 Å². The molecule has 0 aliphatic carbocycles. The summed E-state index contributed by atoms with van der Waals surface area (Å²) < 4.78 is 23.1. The van der Waals surface area contributed by atoms with Crippen molar-refractivity contribution in [3.63, 3.8) is 0 Å². The van der Waals surface area contributed by atoms with Crippen LogP contribution in [0.3, 0.4) is 0 Å². The second-order valence-electron chi connectivity index (χ2n) is 7.50. The van der Waals surface area contributed by atoms with Crippen LogP contribution < -0.4 is 16.0 Å². The third-order valence-electron chi connectivity index (χ3n) is 4.95. The number of guanidine groups is 1. The number of aliphatic imine (C=N–C) groups is 1. The van der Waals surface area contributed by atoms with Gasteiger partial charge in [0, 0.05) is 38.0 Å². The molecule has 0 aromatic heterocycles. The van der Waals surface area contributed by atoms with Crippen molar-refractivity contribution >= 4 is 45.7 Å². The molecule has 0 aliphatic heterocycles. The molecule has 0 saturated heterocycles. The van der Waals surface area contributed by atoms with Gasteiger partial charge < -0.3 is 16.0 Å². The van der Waals surface area contributed by atoms with Crippen LogP contribution in [0.4, 0.5) is 0 Å². The van der Waals surface area contributed by atoms with Crippen LogP contribution in [-0.2, 0) is 22.8 Å². The zero-order chi connectivity index (χ0) is 22.9. The molecule has 0 bridgehead atoms. The first-order valence-corrected chi connectivity index (χ1v) is 12.3. The predicted octanol–water partition coefficient (Wildman–Crippen LogP) is 3.14. The molecule has 1 amide bonds. The molecule has 0 saturated carbocycles. The third-order valence-corrected chi connectivity index (χ3v) is 6.08. The van der Waals surface area contributed by atoms with E-state index in [0.29, 0.717) is 29.5 Å².